The van der Waals surface area contributed by atoms with Gasteiger partial charge < -0.3 is 66.9 Å². The Balaban J connectivity index is 1.59. The molecule has 1 rings (SSSR count). The molecule has 0 spiro atoms. The molecular formula is C45H91NO13. The molecule has 1 aliphatic rings. The lowest BCUT2D eigenvalue weighted by molar-refractivity contribution is -0.0327. The number of rotatable bonds is 52. The fourth-order valence-electron chi connectivity index (χ4n) is 6.16. The van der Waals surface area contributed by atoms with Gasteiger partial charge in [-0.3, -0.25) is 0 Å². The molecule has 1 aliphatic heterocycles. The summed E-state index contributed by atoms with van der Waals surface area (Å²) in [5, 5.41) is 3.33. The van der Waals surface area contributed by atoms with Crippen molar-refractivity contribution in [2.45, 2.75) is 116 Å². The summed E-state index contributed by atoms with van der Waals surface area (Å²) in [4.78, 5) is 0. The van der Waals surface area contributed by atoms with Crippen LogP contribution in [0, 0.1) is 0 Å². The lowest BCUT2D eigenvalue weighted by atomic mass is 10.0. The Morgan fingerprint density at radius 3 is 0.763 bits per heavy atom. The summed E-state index contributed by atoms with van der Waals surface area (Å²) in [6.45, 7) is 18.4. The van der Waals surface area contributed by atoms with Gasteiger partial charge in [0.15, 0.2) is 0 Å². The quantitative estimate of drug-likeness (QED) is 0.0674. The van der Waals surface area contributed by atoms with Gasteiger partial charge >= 0.3 is 0 Å². The first kappa shape index (κ1) is 56.5. The van der Waals surface area contributed by atoms with E-state index in [-0.39, 0.29) is 0 Å². The highest BCUT2D eigenvalue weighted by atomic mass is 16.6. The molecule has 0 unspecified atom stereocenters. The van der Waals surface area contributed by atoms with Gasteiger partial charge in [0, 0.05) is 6.61 Å². The lowest BCUT2D eigenvalue weighted by Gasteiger charge is -2.22. The molecule has 1 N–H and O–H groups in total. The van der Waals surface area contributed by atoms with Crippen LogP contribution in [0.3, 0.4) is 0 Å². The van der Waals surface area contributed by atoms with E-state index in [2.05, 4.69) is 12.2 Å². The minimum absolute atomic E-state index is 0.371. The maximum Gasteiger partial charge on any atom is 0.0704 e. The van der Waals surface area contributed by atoms with Crippen LogP contribution >= 0.6 is 0 Å². The predicted molar refractivity (Wildman–Crippen MR) is 232 cm³/mol. The molecule has 1 saturated heterocycles. The largest absolute Gasteiger partial charge is 0.379 e. The second-order valence-electron chi connectivity index (χ2n) is 14.8. The van der Waals surface area contributed by atoms with Crippen molar-refractivity contribution in [1.82, 2.24) is 5.32 Å². The third kappa shape index (κ3) is 48.3. The maximum absolute atomic E-state index is 5.80. The summed E-state index contributed by atoms with van der Waals surface area (Å²) in [7, 11) is 0. The van der Waals surface area contributed by atoms with E-state index in [1.54, 1.807) is 0 Å². The third-order valence-corrected chi connectivity index (χ3v) is 9.60. The molecule has 1 fully saturated rings. The van der Waals surface area contributed by atoms with Gasteiger partial charge in [-0.25, -0.2) is 0 Å². The van der Waals surface area contributed by atoms with Crippen LogP contribution in [-0.2, 0) is 61.6 Å². The Kier molecular flexibility index (Phi) is 49.6. The number of nitrogens with one attached hydrogen (secondary N) is 1. The number of unbranched alkanes of at least 4 members (excludes halogenated alkanes) is 13. The summed E-state index contributed by atoms with van der Waals surface area (Å²) >= 11 is 0. The molecular weight excluding hydrogens is 762 g/mol. The molecule has 0 aliphatic carbocycles. The zero-order valence-electron chi connectivity index (χ0n) is 37.8. The minimum atomic E-state index is 0.371. The van der Waals surface area contributed by atoms with Crippen LogP contribution in [0.1, 0.15) is 110 Å². The van der Waals surface area contributed by atoms with Gasteiger partial charge in [-0.15, -0.1) is 0 Å². The van der Waals surface area contributed by atoms with Crippen molar-refractivity contribution in [3.63, 3.8) is 0 Å². The fourth-order valence-corrected chi connectivity index (χ4v) is 6.16. The van der Waals surface area contributed by atoms with Gasteiger partial charge in [0.1, 0.15) is 0 Å². The molecule has 0 radical (unpaired) electrons. The van der Waals surface area contributed by atoms with Crippen molar-refractivity contribution in [3.8, 4) is 0 Å². The van der Waals surface area contributed by atoms with E-state index in [0.717, 1.165) is 39.0 Å². The van der Waals surface area contributed by atoms with Crippen LogP contribution in [0.2, 0.25) is 0 Å². The van der Waals surface area contributed by atoms with E-state index in [0.29, 0.717) is 165 Å². The Bertz CT molecular complexity index is 755. The van der Waals surface area contributed by atoms with Gasteiger partial charge in [-0.1, -0.05) is 90.4 Å². The van der Waals surface area contributed by atoms with Crippen molar-refractivity contribution in [3.05, 3.63) is 0 Å². The second kappa shape index (κ2) is 51.8. The molecule has 0 saturated carbocycles. The highest BCUT2D eigenvalue weighted by Crippen LogP contribution is 2.13. The number of ether oxygens (including phenoxy) is 13. The van der Waals surface area contributed by atoms with Crippen molar-refractivity contribution in [2.24, 2.45) is 0 Å². The lowest BCUT2D eigenvalue weighted by Crippen LogP contribution is -2.33. The monoisotopic (exact) mass is 854 g/mol. The van der Waals surface area contributed by atoms with Gasteiger partial charge in [0.05, 0.1) is 165 Å². The fraction of sp³-hybridized carbons (Fsp3) is 1.00. The molecule has 14 heteroatoms. The first-order valence-corrected chi connectivity index (χ1v) is 23.7. The molecule has 14 nitrogen and oxygen atoms in total. The van der Waals surface area contributed by atoms with Crippen LogP contribution < -0.4 is 5.32 Å². The van der Waals surface area contributed by atoms with Crippen LogP contribution in [0.25, 0.3) is 0 Å². The normalized spacial score (nSPS) is 13.6. The Hall–Kier alpha value is -0.560. The van der Waals surface area contributed by atoms with Crippen molar-refractivity contribution < 1.29 is 61.6 Å². The van der Waals surface area contributed by atoms with E-state index >= 15 is 0 Å². The van der Waals surface area contributed by atoms with Gasteiger partial charge in [0.25, 0.3) is 0 Å². The summed E-state index contributed by atoms with van der Waals surface area (Å²) in [5.41, 5.74) is 0. The van der Waals surface area contributed by atoms with Crippen molar-refractivity contribution in [2.75, 3.05) is 178 Å². The zero-order chi connectivity index (χ0) is 41.9. The van der Waals surface area contributed by atoms with Crippen LogP contribution in [0.15, 0.2) is 0 Å². The maximum atomic E-state index is 5.80. The van der Waals surface area contributed by atoms with Crippen molar-refractivity contribution in [1.29, 1.82) is 0 Å². The highest BCUT2D eigenvalue weighted by Gasteiger charge is 2.12. The second-order valence-corrected chi connectivity index (χ2v) is 14.8. The van der Waals surface area contributed by atoms with E-state index in [4.69, 9.17) is 61.6 Å². The van der Waals surface area contributed by atoms with E-state index in [1.165, 1.54) is 83.5 Å². The Morgan fingerprint density at radius 1 is 0.271 bits per heavy atom. The first-order chi connectivity index (χ1) is 29.4. The van der Waals surface area contributed by atoms with Crippen LogP contribution in [0.4, 0.5) is 0 Å². The van der Waals surface area contributed by atoms with Gasteiger partial charge in [0.2, 0.25) is 0 Å². The average molecular weight is 854 g/mol. The zero-order valence-corrected chi connectivity index (χ0v) is 37.8. The topological polar surface area (TPSA) is 132 Å². The van der Waals surface area contributed by atoms with E-state index in [9.17, 15) is 0 Å². The van der Waals surface area contributed by atoms with Crippen LogP contribution in [-0.4, -0.2) is 184 Å². The molecule has 59 heavy (non-hydrogen) atoms. The Labute approximate surface area is 360 Å². The Morgan fingerprint density at radius 2 is 0.492 bits per heavy atom. The first-order valence-electron chi connectivity index (χ1n) is 23.7. The van der Waals surface area contributed by atoms with E-state index in [1.807, 2.05) is 0 Å². The summed E-state index contributed by atoms with van der Waals surface area (Å²) in [6.07, 6.45) is 21.8. The molecule has 354 valence electrons. The number of hydrogen-bond acceptors (Lipinski definition) is 14. The molecule has 0 aromatic carbocycles. The standard InChI is InChI=1S/C45H91NO13/c1-2-3-4-5-6-7-8-9-10-11-12-13-14-15-20-47-21-22-48-23-24-49-25-26-50-27-28-51-29-30-52-31-32-53-33-34-54-35-36-55-37-38-56-39-40-57-41-42-58-43-44-59-45-16-18-46-19-17-45/h45-46H,2-44H2,1H3. The molecule has 0 atom stereocenters. The van der Waals surface area contributed by atoms with Gasteiger partial charge in [-0.2, -0.15) is 0 Å². The predicted octanol–water partition coefficient (Wildman–Crippen LogP) is 6.44. The number of piperidine rings is 1. The highest BCUT2D eigenvalue weighted by molar-refractivity contribution is 4.67. The summed E-state index contributed by atoms with van der Waals surface area (Å²) < 4.78 is 72.4. The van der Waals surface area contributed by atoms with Crippen molar-refractivity contribution >= 4 is 0 Å². The molecule has 0 aromatic rings. The third-order valence-electron chi connectivity index (χ3n) is 9.60. The SMILES string of the molecule is CCCCCCCCCCCCCCCCOCCOCCOCCOCCOCCOCCOCCOCCOCCOCCOCCOCCOC1CCNCC1. The summed E-state index contributed by atoms with van der Waals surface area (Å²) in [6, 6.07) is 0. The molecule has 0 bridgehead atoms. The van der Waals surface area contributed by atoms with Crippen LogP contribution in [0.5, 0.6) is 0 Å². The number of hydrogen-bond donors (Lipinski definition) is 1. The molecule has 0 amide bonds. The molecule has 1 heterocycles. The smallest absolute Gasteiger partial charge is 0.0704 e. The molecule has 0 aromatic heterocycles. The van der Waals surface area contributed by atoms with E-state index < -0.39 is 0 Å². The average Bonchev–Trinajstić information content (AvgIpc) is 3.26. The summed E-state index contributed by atoms with van der Waals surface area (Å²) in [5.74, 6) is 0. The van der Waals surface area contributed by atoms with Gasteiger partial charge in [-0.05, 0) is 32.4 Å². The minimum Gasteiger partial charge on any atom is -0.379 e.